The highest BCUT2D eigenvalue weighted by molar-refractivity contribution is 7.89. The van der Waals surface area contributed by atoms with E-state index in [4.69, 9.17) is 9.47 Å². The van der Waals surface area contributed by atoms with Crippen LogP contribution in [0, 0.1) is 0 Å². The predicted molar refractivity (Wildman–Crippen MR) is 80.4 cm³/mol. The molecule has 118 valence electrons. The number of rotatable bonds is 5. The van der Waals surface area contributed by atoms with E-state index in [2.05, 4.69) is 10.0 Å². The third-order valence-corrected chi connectivity index (χ3v) is 5.09. The highest BCUT2D eigenvalue weighted by Crippen LogP contribution is 2.28. The van der Waals surface area contributed by atoms with Crippen LogP contribution in [-0.2, 0) is 10.0 Å². The molecule has 0 radical (unpaired) electrons. The lowest BCUT2D eigenvalue weighted by Crippen LogP contribution is -2.40. The fourth-order valence-corrected chi connectivity index (χ4v) is 3.82. The second-order valence-electron chi connectivity index (χ2n) is 5.03. The summed E-state index contributed by atoms with van der Waals surface area (Å²) in [6.07, 6.45) is 2.93. The van der Waals surface area contributed by atoms with E-state index >= 15 is 0 Å². The zero-order valence-electron chi connectivity index (χ0n) is 12.4. The minimum absolute atomic E-state index is 0.0932. The monoisotopic (exact) mass is 314 g/mol. The highest BCUT2D eigenvalue weighted by atomic mass is 32.2. The lowest BCUT2D eigenvalue weighted by atomic mass is 10.2. The third kappa shape index (κ3) is 4.09. The minimum Gasteiger partial charge on any atom is -0.497 e. The molecule has 1 saturated heterocycles. The predicted octanol–water partition coefficient (Wildman–Crippen LogP) is 1.12. The Morgan fingerprint density at radius 2 is 2.05 bits per heavy atom. The Kier molecular flexibility index (Phi) is 5.44. The minimum atomic E-state index is -3.61. The summed E-state index contributed by atoms with van der Waals surface area (Å²) in [5.41, 5.74) is 0. The summed E-state index contributed by atoms with van der Waals surface area (Å²) in [5.74, 6) is 0.838. The van der Waals surface area contributed by atoms with Gasteiger partial charge < -0.3 is 14.8 Å². The lowest BCUT2D eigenvalue weighted by molar-refractivity contribution is 0.385. The van der Waals surface area contributed by atoms with Crippen molar-refractivity contribution in [3.8, 4) is 11.5 Å². The second kappa shape index (κ2) is 7.11. The lowest BCUT2D eigenvalue weighted by Gasteiger charge is -2.18. The molecule has 6 nitrogen and oxygen atoms in total. The Labute approximate surface area is 125 Å². The van der Waals surface area contributed by atoms with Gasteiger partial charge in [0.2, 0.25) is 10.0 Å². The smallest absolute Gasteiger partial charge is 0.244 e. The Hall–Kier alpha value is -1.31. The summed E-state index contributed by atoms with van der Waals surface area (Å²) in [7, 11) is -0.643. The largest absolute Gasteiger partial charge is 0.497 e. The fourth-order valence-electron chi connectivity index (χ4n) is 2.40. The molecule has 1 fully saturated rings. The number of nitrogens with one attached hydrogen (secondary N) is 2. The van der Waals surface area contributed by atoms with Gasteiger partial charge in [0.05, 0.1) is 14.2 Å². The van der Waals surface area contributed by atoms with Crippen molar-refractivity contribution in [2.45, 2.75) is 30.2 Å². The van der Waals surface area contributed by atoms with Gasteiger partial charge in [-0.25, -0.2) is 13.1 Å². The molecule has 2 N–H and O–H groups in total. The van der Waals surface area contributed by atoms with Crippen LogP contribution in [0.1, 0.15) is 19.3 Å². The van der Waals surface area contributed by atoms with Crippen LogP contribution in [-0.4, -0.2) is 41.8 Å². The van der Waals surface area contributed by atoms with Crippen LogP contribution in [0.15, 0.2) is 23.1 Å². The van der Waals surface area contributed by atoms with Crippen LogP contribution < -0.4 is 19.5 Å². The standard InChI is InChI=1S/C14H22N2O4S/c1-19-12-6-7-14(13(9-12)20-2)21(17,18)16-11-5-3-4-8-15-10-11/h6-7,9,11,15-16H,3-5,8,10H2,1-2H3. The summed E-state index contributed by atoms with van der Waals surface area (Å²) in [6.45, 7) is 1.59. The summed E-state index contributed by atoms with van der Waals surface area (Å²) in [5, 5.41) is 3.24. The summed E-state index contributed by atoms with van der Waals surface area (Å²) < 4.78 is 38.1. The van der Waals surface area contributed by atoms with Gasteiger partial charge in [0.15, 0.2) is 0 Å². The zero-order chi connectivity index (χ0) is 15.3. The van der Waals surface area contributed by atoms with E-state index in [0.29, 0.717) is 12.3 Å². The van der Waals surface area contributed by atoms with E-state index in [1.807, 2.05) is 0 Å². The molecule has 0 spiro atoms. The molecule has 7 heteroatoms. The zero-order valence-corrected chi connectivity index (χ0v) is 13.2. The average Bonchev–Trinajstić information content (AvgIpc) is 2.74. The highest BCUT2D eigenvalue weighted by Gasteiger charge is 2.24. The Balaban J connectivity index is 2.22. The van der Waals surface area contributed by atoms with E-state index in [1.54, 1.807) is 12.1 Å². The number of ether oxygens (including phenoxy) is 2. The van der Waals surface area contributed by atoms with E-state index in [0.717, 1.165) is 25.8 Å². The van der Waals surface area contributed by atoms with Crippen LogP contribution in [0.4, 0.5) is 0 Å². The van der Waals surface area contributed by atoms with Gasteiger partial charge in [0, 0.05) is 18.7 Å². The molecule has 0 amide bonds. The number of sulfonamides is 1. The molecule has 1 unspecified atom stereocenters. The van der Waals surface area contributed by atoms with E-state index in [9.17, 15) is 8.42 Å². The maximum atomic E-state index is 12.5. The van der Waals surface area contributed by atoms with E-state index < -0.39 is 10.0 Å². The molecule has 21 heavy (non-hydrogen) atoms. The first kappa shape index (κ1) is 16.1. The number of hydrogen-bond acceptors (Lipinski definition) is 5. The quantitative estimate of drug-likeness (QED) is 0.852. The molecule has 1 aromatic rings. The topological polar surface area (TPSA) is 76.7 Å². The summed E-state index contributed by atoms with van der Waals surface area (Å²) >= 11 is 0. The van der Waals surface area contributed by atoms with Gasteiger partial charge in [-0.1, -0.05) is 6.42 Å². The normalized spacial score (nSPS) is 19.8. The Morgan fingerprint density at radius 1 is 1.24 bits per heavy atom. The maximum Gasteiger partial charge on any atom is 0.244 e. The van der Waals surface area contributed by atoms with Crippen molar-refractivity contribution in [1.82, 2.24) is 10.0 Å². The maximum absolute atomic E-state index is 12.5. The van der Waals surface area contributed by atoms with E-state index in [1.165, 1.54) is 20.3 Å². The second-order valence-corrected chi connectivity index (χ2v) is 6.72. The van der Waals surface area contributed by atoms with Gasteiger partial charge in [0.1, 0.15) is 16.4 Å². The van der Waals surface area contributed by atoms with Crippen LogP contribution in [0.5, 0.6) is 11.5 Å². The SMILES string of the molecule is COc1ccc(S(=O)(=O)NC2CCCCNC2)c(OC)c1. The molecule has 2 rings (SSSR count). The van der Waals surface area contributed by atoms with Crippen LogP contribution >= 0.6 is 0 Å². The third-order valence-electron chi connectivity index (χ3n) is 3.53. The van der Waals surface area contributed by atoms with Gasteiger partial charge in [-0.3, -0.25) is 0 Å². The van der Waals surface area contributed by atoms with Gasteiger partial charge in [0.25, 0.3) is 0 Å². The molecule has 1 atom stereocenters. The van der Waals surface area contributed by atoms with Gasteiger partial charge in [-0.15, -0.1) is 0 Å². The van der Waals surface area contributed by atoms with Crippen molar-refractivity contribution in [2.75, 3.05) is 27.3 Å². The van der Waals surface area contributed by atoms with Crippen LogP contribution in [0.3, 0.4) is 0 Å². The Bertz CT molecular complexity index is 566. The molecule has 1 aliphatic heterocycles. The molecule has 0 saturated carbocycles. The molecule has 1 heterocycles. The van der Waals surface area contributed by atoms with Crippen molar-refractivity contribution in [3.63, 3.8) is 0 Å². The molecule has 0 aromatic heterocycles. The molecule has 0 bridgehead atoms. The van der Waals surface area contributed by atoms with Crippen molar-refractivity contribution < 1.29 is 17.9 Å². The number of hydrogen-bond donors (Lipinski definition) is 2. The molecular formula is C14H22N2O4S. The Morgan fingerprint density at radius 3 is 2.76 bits per heavy atom. The first-order chi connectivity index (χ1) is 10.1. The summed E-state index contributed by atoms with van der Waals surface area (Å²) in [4.78, 5) is 0.134. The first-order valence-electron chi connectivity index (χ1n) is 7.02. The number of methoxy groups -OCH3 is 2. The molecule has 1 aliphatic rings. The number of benzene rings is 1. The summed E-state index contributed by atoms with van der Waals surface area (Å²) in [6, 6.07) is 4.59. The van der Waals surface area contributed by atoms with Crippen molar-refractivity contribution in [2.24, 2.45) is 0 Å². The van der Waals surface area contributed by atoms with Gasteiger partial charge >= 0.3 is 0 Å². The molecular weight excluding hydrogens is 292 g/mol. The van der Waals surface area contributed by atoms with E-state index in [-0.39, 0.29) is 16.7 Å². The molecule has 1 aromatic carbocycles. The molecule has 0 aliphatic carbocycles. The van der Waals surface area contributed by atoms with Gasteiger partial charge in [-0.05, 0) is 31.5 Å². The van der Waals surface area contributed by atoms with Crippen molar-refractivity contribution in [3.05, 3.63) is 18.2 Å². The first-order valence-corrected chi connectivity index (χ1v) is 8.50. The van der Waals surface area contributed by atoms with Crippen molar-refractivity contribution in [1.29, 1.82) is 0 Å². The average molecular weight is 314 g/mol. The fraction of sp³-hybridized carbons (Fsp3) is 0.571. The van der Waals surface area contributed by atoms with Crippen LogP contribution in [0.25, 0.3) is 0 Å². The van der Waals surface area contributed by atoms with Crippen LogP contribution in [0.2, 0.25) is 0 Å². The van der Waals surface area contributed by atoms with Crippen molar-refractivity contribution >= 4 is 10.0 Å². The van der Waals surface area contributed by atoms with Gasteiger partial charge in [-0.2, -0.15) is 0 Å².